The smallest absolute Gasteiger partial charge is 0.0964 e. The second kappa shape index (κ2) is 5.75. The normalized spacial score (nSPS) is 17.9. The number of hydrogen-bond acceptors (Lipinski definition) is 4. The molecular weight excluding hydrogens is 220 g/mol. The van der Waals surface area contributed by atoms with Gasteiger partial charge < -0.3 is 10.1 Å². The maximum Gasteiger partial charge on any atom is 0.0964 e. The summed E-state index contributed by atoms with van der Waals surface area (Å²) in [5, 5.41) is 4.55. The van der Waals surface area contributed by atoms with Crippen LogP contribution in [0.25, 0.3) is 0 Å². The molecule has 16 heavy (non-hydrogen) atoms. The predicted molar refractivity (Wildman–Crippen MR) is 67.0 cm³/mol. The predicted octanol–water partition coefficient (Wildman–Crippen LogP) is 2.32. The highest BCUT2D eigenvalue weighted by molar-refractivity contribution is 7.11. The lowest BCUT2D eigenvalue weighted by atomic mass is 10.0. The van der Waals surface area contributed by atoms with Gasteiger partial charge in [-0.2, -0.15) is 0 Å². The molecule has 0 unspecified atom stereocenters. The van der Waals surface area contributed by atoms with Gasteiger partial charge in [-0.05, 0) is 26.3 Å². The Bertz CT molecular complexity index is 332. The Hall–Kier alpha value is -0.450. The van der Waals surface area contributed by atoms with Gasteiger partial charge in [0.15, 0.2) is 0 Å². The molecule has 1 fully saturated rings. The Kier molecular flexibility index (Phi) is 4.32. The molecule has 0 amide bonds. The van der Waals surface area contributed by atoms with Crippen LogP contribution in [0, 0.1) is 0 Å². The summed E-state index contributed by atoms with van der Waals surface area (Å²) in [4.78, 5) is 6.20. The summed E-state index contributed by atoms with van der Waals surface area (Å²) in [6.07, 6.45) is 3.31. The molecule has 0 bridgehead atoms. The number of hydrogen-bond donors (Lipinski definition) is 1. The molecule has 0 radical (unpaired) electrons. The standard InChI is InChI=1S/C12H20N2OS/c1-3-10-11(8-13-2)16-12(14-10)9-4-6-15-7-5-9/h9,13H,3-8H2,1-2H3. The number of aryl methyl sites for hydroxylation is 1. The van der Waals surface area contributed by atoms with Crippen molar-refractivity contribution in [2.75, 3.05) is 20.3 Å². The topological polar surface area (TPSA) is 34.1 Å². The summed E-state index contributed by atoms with van der Waals surface area (Å²) in [5.41, 5.74) is 1.28. The summed E-state index contributed by atoms with van der Waals surface area (Å²) in [5.74, 6) is 0.634. The van der Waals surface area contributed by atoms with E-state index in [1.165, 1.54) is 15.6 Å². The SMILES string of the molecule is CCc1nc(C2CCOCC2)sc1CNC. The van der Waals surface area contributed by atoms with Crippen molar-refractivity contribution in [1.82, 2.24) is 10.3 Å². The van der Waals surface area contributed by atoms with Crippen molar-refractivity contribution in [3.63, 3.8) is 0 Å². The molecule has 0 spiro atoms. The largest absolute Gasteiger partial charge is 0.381 e. The molecule has 3 nitrogen and oxygen atoms in total. The Balaban J connectivity index is 2.14. The lowest BCUT2D eigenvalue weighted by Crippen LogP contribution is -2.13. The number of aromatic nitrogens is 1. The molecule has 0 saturated carbocycles. The molecule has 1 aliphatic heterocycles. The highest BCUT2D eigenvalue weighted by Gasteiger charge is 2.20. The van der Waals surface area contributed by atoms with E-state index in [4.69, 9.17) is 9.72 Å². The maximum absolute atomic E-state index is 5.40. The van der Waals surface area contributed by atoms with E-state index in [0.29, 0.717) is 5.92 Å². The van der Waals surface area contributed by atoms with E-state index in [2.05, 4.69) is 12.2 Å². The monoisotopic (exact) mass is 240 g/mol. The second-order valence-electron chi connectivity index (χ2n) is 4.19. The third kappa shape index (κ3) is 2.62. The quantitative estimate of drug-likeness (QED) is 0.877. The van der Waals surface area contributed by atoms with E-state index < -0.39 is 0 Å². The fraction of sp³-hybridized carbons (Fsp3) is 0.750. The van der Waals surface area contributed by atoms with E-state index in [9.17, 15) is 0 Å². The van der Waals surface area contributed by atoms with Gasteiger partial charge in [0.05, 0.1) is 10.7 Å². The minimum Gasteiger partial charge on any atom is -0.381 e. The van der Waals surface area contributed by atoms with Crippen LogP contribution in [-0.2, 0) is 17.7 Å². The van der Waals surface area contributed by atoms with Crippen molar-refractivity contribution < 1.29 is 4.74 Å². The van der Waals surface area contributed by atoms with E-state index in [0.717, 1.165) is 39.0 Å². The minimum absolute atomic E-state index is 0.634. The molecule has 90 valence electrons. The molecular formula is C12H20N2OS. The van der Waals surface area contributed by atoms with Gasteiger partial charge >= 0.3 is 0 Å². The first-order valence-electron chi connectivity index (χ1n) is 6.06. The van der Waals surface area contributed by atoms with Gasteiger partial charge in [-0.25, -0.2) is 4.98 Å². The summed E-state index contributed by atoms with van der Waals surface area (Å²) in [7, 11) is 1.99. The molecule has 1 aromatic heterocycles. The van der Waals surface area contributed by atoms with E-state index in [1.54, 1.807) is 0 Å². The van der Waals surface area contributed by atoms with Crippen LogP contribution in [0.5, 0.6) is 0 Å². The Morgan fingerprint density at radius 1 is 1.44 bits per heavy atom. The fourth-order valence-corrected chi connectivity index (χ4v) is 3.43. The van der Waals surface area contributed by atoms with Gasteiger partial charge in [-0.1, -0.05) is 6.92 Å². The van der Waals surface area contributed by atoms with Gasteiger partial charge in [-0.3, -0.25) is 0 Å². The van der Waals surface area contributed by atoms with Crippen LogP contribution in [0.4, 0.5) is 0 Å². The van der Waals surface area contributed by atoms with Crippen LogP contribution in [0.15, 0.2) is 0 Å². The van der Waals surface area contributed by atoms with Gasteiger partial charge in [-0.15, -0.1) is 11.3 Å². The molecule has 1 aliphatic rings. The zero-order chi connectivity index (χ0) is 11.4. The summed E-state index contributed by atoms with van der Waals surface area (Å²) < 4.78 is 5.40. The van der Waals surface area contributed by atoms with E-state index >= 15 is 0 Å². The minimum atomic E-state index is 0.634. The van der Waals surface area contributed by atoms with Crippen LogP contribution in [0.1, 0.15) is 41.3 Å². The zero-order valence-electron chi connectivity index (χ0n) is 10.1. The van der Waals surface area contributed by atoms with Crippen molar-refractivity contribution in [3.8, 4) is 0 Å². The Morgan fingerprint density at radius 3 is 2.81 bits per heavy atom. The number of thiazole rings is 1. The van der Waals surface area contributed by atoms with Gasteiger partial charge in [0.2, 0.25) is 0 Å². The number of nitrogens with zero attached hydrogens (tertiary/aromatic N) is 1. The highest BCUT2D eigenvalue weighted by Crippen LogP contribution is 2.32. The lowest BCUT2D eigenvalue weighted by molar-refractivity contribution is 0.0852. The Morgan fingerprint density at radius 2 is 2.19 bits per heavy atom. The van der Waals surface area contributed by atoms with E-state index in [1.807, 2.05) is 18.4 Å². The first-order valence-corrected chi connectivity index (χ1v) is 6.87. The summed E-state index contributed by atoms with van der Waals surface area (Å²) in [6.45, 7) is 4.92. The van der Waals surface area contributed by atoms with Crippen molar-refractivity contribution in [1.29, 1.82) is 0 Å². The molecule has 2 heterocycles. The molecule has 0 aromatic carbocycles. The first kappa shape index (κ1) is 12.0. The fourth-order valence-electron chi connectivity index (χ4n) is 2.10. The number of ether oxygens (including phenoxy) is 1. The number of nitrogens with one attached hydrogen (secondary N) is 1. The molecule has 1 saturated heterocycles. The van der Waals surface area contributed by atoms with Crippen molar-refractivity contribution >= 4 is 11.3 Å². The summed E-state index contributed by atoms with van der Waals surface area (Å²) in [6, 6.07) is 0. The van der Waals surface area contributed by atoms with Gasteiger partial charge in [0.1, 0.15) is 0 Å². The average Bonchev–Trinajstić information content (AvgIpc) is 2.74. The number of rotatable bonds is 4. The van der Waals surface area contributed by atoms with E-state index in [-0.39, 0.29) is 0 Å². The molecule has 2 rings (SSSR count). The molecule has 0 atom stereocenters. The summed E-state index contributed by atoms with van der Waals surface area (Å²) >= 11 is 1.89. The van der Waals surface area contributed by atoms with Crippen LogP contribution in [0.3, 0.4) is 0 Å². The molecule has 1 N–H and O–H groups in total. The maximum atomic E-state index is 5.40. The van der Waals surface area contributed by atoms with Crippen molar-refractivity contribution in [3.05, 3.63) is 15.6 Å². The molecule has 0 aliphatic carbocycles. The van der Waals surface area contributed by atoms with Crippen molar-refractivity contribution in [2.45, 2.75) is 38.6 Å². The second-order valence-corrected chi connectivity index (χ2v) is 5.31. The Labute approximate surface area is 101 Å². The molecule has 1 aromatic rings. The van der Waals surface area contributed by atoms with Crippen molar-refractivity contribution in [2.24, 2.45) is 0 Å². The molecule has 4 heteroatoms. The lowest BCUT2D eigenvalue weighted by Gasteiger charge is -2.19. The first-order chi connectivity index (χ1) is 7.85. The van der Waals surface area contributed by atoms with Crippen LogP contribution in [0.2, 0.25) is 0 Å². The van der Waals surface area contributed by atoms with Crippen LogP contribution in [-0.4, -0.2) is 25.2 Å². The highest BCUT2D eigenvalue weighted by atomic mass is 32.1. The third-order valence-corrected chi connectivity index (χ3v) is 4.30. The van der Waals surface area contributed by atoms with Gasteiger partial charge in [0.25, 0.3) is 0 Å². The van der Waals surface area contributed by atoms with Crippen LogP contribution < -0.4 is 5.32 Å². The zero-order valence-corrected chi connectivity index (χ0v) is 10.9. The van der Waals surface area contributed by atoms with Crippen LogP contribution >= 0.6 is 11.3 Å². The van der Waals surface area contributed by atoms with Gasteiger partial charge in [0, 0.05) is 30.6 Å². The third-order valence-electron chi connectivity index (χ3n) is 3.04. The average molecular weight is 240 g/mol.